The summed E-state index contributed by atoms with van der Waals surface area (Å²) < 4.78 is 7.57. The van der Waals surface area contributed by atoms with E-state index in [1.54, 1.807) is 6.33 Å². The zero-order chi connectivity index (χ0) is 20.7. The molecule has 0 amide bonds. The van der Waals surface area contributed by atoms with Crippen LogP contribution in [0.5, 0.6) is 0 Å². The van der Waals surface area contributed by atoms with Gasteiger partial charge in [0.05, 0.1) is 18.0 Å². The van der Waals surface area contributed by atoms with Crippen LogP contribution in [0.15, 0.2) is 6.33 Å². The number of ether oxygens (including phenoxy) is 1. The molecule has 2 aliphatic rings. The predicted molar refractivity (Wildman–Crippen MR) is 115 cm³/mol. The van der Waals surface area contributed by atoms with Gasteiger partial charge in [-0.15, -0.1) is 21.5 Å². The first-order chi connectivity index (χ1) is 14.7. The molecule has 0 aliphatic carbocycles. The molecule has 3 aromatic rings. The van der Waals surface area contributed by atoms with E-state index in [0.29, 0.717) is 11.5 Å². The number of hydrogen-bond donors (Lipinski definition) is 0. The van der Waals surface area contributed by atoms with Crippen LogP contribution >= 0.6 is 11.3 Å². The molecule has 1 fully saturated rings. The number of esters is 1. The Hall–Kier alpha value is -2.55. The topological polar surface area (TPSA) is 86.0 Å². The van der Waals surface area contributed by atoms with E-state index in [0.717, 1.165) is 72.0 Å². The first-order valence-electron chi connectivity index (χ1n) is 10.8. The minimum Gasteiger partial charge on any atom is -0.462 e. The molecular weight excluding hydrogens is 400 g/mol. The average Bonchev–Trinajstić information content (AvgIpc) is 3.35. The van der Waals surface area contributed by atoms with Gasteiger partial charge in [-0.25, -0.2) is 14.8 Å². The summed E-state index contributed by atoms with van der Waals surface area (Å²) in [5, 5.41) is 10.1. The Kier molecular flexibility index (Phi) is 5.14. The lowest BCUT2D eigenvalue weighted by molar-refractivity contribution is 0.0531. The van der Waals surface area contributed by atoms with Crippen molar-refractivity contribution in [1.82, 2.24) is 24.7 Å². The van der Waals surface area contributed by atoms with Crippen LogP contribution in [-0.4, -0.2) is 43.9 Å². The van der Waals surface area contributed by atoms with Gasteiger partial charge in [0, 0.05) is 19.5 Å². The molecule has 9 heteroatoms. The highest BCUT2D eigenvalue weighted by atomic mass is 32.1. The molecule has 0 radical (unpaired) electrons. The number of hydrogen-bond acceptors (Lipinski definition) is 8. The van der Waals surface area contributed by atoms with Gasteiger partial charge in [0.2, 0.25) is 0 Å². The Morgan fingerprint density at radius 2 is 2.07 bits per heavy atom. The number of fused-ring (bicyclic) bond motifs is 2. The minimum atomic E-state index is -0.286. The molecule has 3 aromatic heterocycles. The van der Waals surface area contributed by atoms with Crippen LogP contribution in [0.1, 0.15) is 72.0 Å². The Morgan fingerprint density at radius 3 is 2.93 bits per heavy atom. The van der Waals surface area contributed by atoms with Gasteiger partial charge in [-0.1, -0.05) is 0 Å². The molecule has 158 valence electrons. The molecule has 0 bridgehead atoms. The van der Waals surface area contributed by atoms with Crippen LogP contribution in [0.25, 0.3) is 10.2 Å². The molecule has 0 aromatic carbocycles. The first kappa shape index (κ1) is 19.4. The third kappa shape index (κ3) is 3.15. The van der Waals surface area contributed by atoms with E-state index in [-0.39, 0.29) is 12.0 Å². The predicted octanol–water partition coefficient (Wildman–Crippen LogP) is 3.84. The smallest absolute Gasteiger partial charge is 0.348 e. The number of aryl methyl sites for hydroxylation is 2. The second-order valence-corrected chi connectivity index (χ2v) is 8.94. The maximum atomic E-state index is 12.4. The number of anilines is 1. The van der Waals surface area contributed by atoms with Crippen molar-refractivity contribution in [2.75, 3.05) is 18.1 Å². The van der Waals surface area contributed by atoms with Crippen molar-refractivity contribution in [3.8, 4) is 0 Å². The number of rotatable bonds is 4. The second kappa shape index (κ2) is 7.94. The second-order valence-electron chi connectivity index (χ2n) is 7.94. The number of piperidine rings is 1. The highest BCUT2D eigenvalue weighted by Crippen LogP contribution is 2.41. The lowest BCUT2D eigenvalue weighted by Gasteiger charge is -2.36. The summed E-state index contributed by atoms with van der Waals surface area (Å²) in [7, 11) is 0. The van der Waals surface area contributed by atoms with E-state index in [9.17, 15) is 4.79 Å². The fraction of sp³-hybridized carbons (Fsp3) is 0.571. The summed E-state index contributed by atoms with van der Waals surface area (Å²) in [5.41, 5.74) is 0.900. The highest BCUT2D eigenvalue weighted by Gasteiger charge is 2.33. The summed E-state index contributed by atoms with van der Waals surface area (Å²) in [5.74, 6) is 2.76. The van der Waals surface area contributed by atoms with Crippen molar-refractivity contribution in [3.63, 3.8) is 0 Å². The zero-order valence-electron chi connectivity index (χ0n) is 17.4. The van der Waals surface area contributed by atoms with Crippen LogP contribution in [0.4, 0.5) is 5.82 Å². The lowest BCUT2D eigenvalue weighted by atomic mass is 10.00. The van der Waals surface area contributed by atoms with E-state index >= 15 is 0 Å². The number of aromatic nitrogens is 5. The maximum absolute atomic E-state index is 12.4. The molecule has 1 atom stereocenters. The molecule has 5 heterocycles. The number of thiophene rings is 1. The van der Waals surface area contributed by atoms with Gasteiger partial charge in [-0.05, 0) is 51.5 Å². The van der Waals surface area contributed by atoms with E-state index in [1.807, 2.05) is 13.8 Å². The van der Waals surface area contributed by atoms with Crippen LogP contribution in [0.2, 0.25) is 0 Å². The van der Waals surface area contributed by atoms with E-state index < -0.39 is 0 Å². The summed E-state index contributed by atoms with van der Waals surface area (Å²) in [4.78, 5) is 25.4. The van der Waals surface area contributed by atoms with E-state index in [4.69, 9.17) is 9.72 Å². The highest BCUT2D eigenvalue weighted by molar-refractivity contribution is 7.20. The van der Waals surface area contributed by atoms with E-state index in [1.165, 1.54) is 24.2 Å². The Labute approximate surface area is 179 Å². The third-order valence-corrected chi connectivity index (χ3v) is 7.31. The molecule has 0 spiro atoms. The zero-order valence-corrected chi connectivity index (χ0v) is 18.2. The van der Waals surface area contributed by atoms with Crippen LogP contribution in [0.3, 0.4) is 0 Å². The lowest BCUT2D eigenvalue weighted by Crippen LogP contribution is -2.36. The number of carbonyl (C=O) groups is 1. The minimum absolute atomic E-state index is 0.140. The van der Waals surface area contributed by atoms with Gasteiger partial charge < -0.3 is 14.2 Å². The monoisotopic (exact) mass is 426 g/mol. The van der Waals surface area contributed by atoms with Crippen molar-refractivity contribution in [2.24, 2.45) is 0 Å². The standard InChI is InChI=1S/C21H26N6O2S/c1-3-29-21(28)17-13(2)16-19(22-12-23-20(16)30-17)26-10-6-4-8-14(26)18-25-24-15-9-5-7-11-27(15)18/h12,14H,3-11H2,1-2H3. The Balaban J connectivity index is 1.59. The molecule has 30 heavy (non-hydrogen) atoms. The van der Waals surface area contributed by atoms with Gasteiger partial charge >= 0.3 is 5.97 Å². The van der Waals surface area contributed by atoms with Crippen LogP contribution in [0, 0.1) is 6.92 Å². The van der Waals surface area contributed by atoms with Crippen molar-refractivity contribution in [1.29, 1.82) is 0 Å². The summed E-state index contributed by atoms with van der Waals surface area (Å²) in [6.45, 7) is 6.05. The SMILES string of the molecule is CCOC(=O)c1sc2ncnc(N3CCCCC3c3nnc4n3CCCC4)c2c1C. The van der Waals surface area contributed by atoms with Crippen molar-refractivity contribution < 1.29 is 9.53 Å². The van der Waals surface area contributed by atoms with Gasteiger partial charge in [-0.2, -0.15) is 0 Å². The van der Waals surface area contributed by atoms with E-state index in [2.05, 4.69) is 24.6 Å². The van der Waals surface area contributed by atoms with Gasteiger partial charge in [0.25, 0.3) is 0 Å². The fourth-order valence-corrected chi connectivity index (χ4v) is 5.73. The van der Waals surface area contributed by atoms with Crippen molar-refractivity contribution >= 4 is 33.3 Å². The molecule has 0 saturated carbocycles. The molecule has 1 saturated heterocycles. The molecule has 8 nitrogen and oxygen atoms in total. The van der Waals surface area contributed by atoms with Gasteiger partial charge in [0.15, 0.2) is 5.82 Å². The summed E-state index contributed by atoms with van der Waals surface area (Å²) >= 11 is 1.39. The summed E-state index contributed by atoms with van der Waals surface area (Å²) in [6.07, 6.45) is 8.26. The molecular formula is C21H26N6O2S. The first-order valence-corrected chi connectivity index (χ1v) is 11.6. The Morgan fingerprint density at radius 1 is 1.20 bits per heavy atom. The van der Waals surface area contributed by atoms with Gasteiger partial charge in [0.1, 0.15) is 27.7 Å². The largest absolute Gasteiger partial charge is 0.462 e. The third-order valence-electron chi connectivity index (χ3n) is 6.13. The molecule has 5 rings (SSSR count). The fourth-order valence-electron chi connectivity index (χ4n) is 4.69. The molecule has 1 unspecified atom stereocenters. The average molecular weight is 427 g/mol. The maximum Gasteiger partial charge on any atom is 0.348 e. The quantitative estimate of drug-likeness (QED) is 0.586. The number of carbonyl (C=O) groups excluding carboxylic acids is 1. The Bertz CT molecular complexity index is 1090. The van der Waals surface area contributed by atoms with Crippen molar-refractivity contribution in [3.05, 3.63) is 28.4 Å². The molecule has 0 N–H and O–H groups in total. The summed E-state index contributed by atoms with van der Waals surface area (Å²) in [6, 6.07) is 0.140. The van der Waals surface area contributed by atoms with Crippen LogP contribution in [-0.2, 0) is 17.7 Å². The van der Waals surface area contributed by atoms with Crippen LogP contribution < -0.4 is 4.90 Å². The van der Waals surface area contributed by atoms with Gasteiger partial charge in [-0.3, -0.25) is 0 Å². The normalized spacial score (nSPS) is 19.1. The molecule has 2 aliphatic heterocycles. The number of nitrogens with zero attached hydrogens (tertiary/aromatic N) is 6. The van der Waals surface area contributed by atoms with Crippen molar-refractivity contribution in [2.45, 2.75) is 65.0 Å².